The number of hydrogen-bond acceptors (Lipinski definition) is 5. The van der Waals surface area contributed by atoms with Crippen molar-refractivity contribution in [3.8, 4) is 5.75 Å². The topological polar surface area (TPSA) is 66.8 Å². The average molecular weight is 442 g/mol. The largest absolute Gasteiger partial charge is 0.503 e. The van der Waals surface area contributed by atoms with E-state index >= 15 is 0 Å². The van der Waals surface area contributed by atoms with Crippen molar-refractivity contribution in [3.63, 3.8) is 0 Å². The average Bonchev–Trinajstić information content (AvgIpc) is 3.46. The Kier molecular flexibility index (Phi) is 4.99. The third kappa shape index (κ3) is 3.16. The first-order valence-corrected chi connectivity index (χ1v) is 10.9. The number of fused-ring (bicyclic) bond motifs is 1. The minimum Gasteiger partial charge on any atom is -0.503 e. The maximum absolute atomic E-state index is 13.5. The van der Waals surface area contributed by atoms with E-state index in [1.807, 2.05) is 42.5 Å². The lowest BCUT2D eigenvalue weighted by Crippen LogP contribution is -2.31. The van der Waals surface area contributed by atoms with Gasteiger partial charge in [-0.3, -0.25) is 14.5 Å². The maximum Gasteiger partial charge on any atom is 0.294 e. The van der Waals surface area contributed by atoms with E-state index in [9.17, 15) is 14.7 Å². The fourth-order valence-electron chi connectivity index (χ4n) is 4.17. The van der Waals surface area contributed by atoms with Crippen LogP contribution in [0.1, 0.15) is 21.3 Å². The number of rotatable bonds is 5. The molecule has 1 aliphatic rings. The van der Waals surface area contributed by atoms with Gasteiger partial charge in [-0.15, -0.1) is 11.3 Å². The third-order valence-corrected chi connectivity index (χ3v) is 6.53. The molecule has 0 fully saturated rings. The van der Waals surface area contributed by atoms with Gasteiger partial charge in [0.15, 0.2) is 5.76 Å². The number of carbonyl (C=O) groups is 2. The number of anilines is 1. The molecule has 32 heavy (non-hydrogen) atoms. The summed E-state index contributed by atoms with van der Waals surface area (Å²) >= 11 is 1.28. The van der Waals surface area contributed by atoms with Gasteiger partial charge >= 0.3 is 0 Å². The minimum absolute atomic E-state index is 0.0876. The van der Waals surface area contributed by atoms with Gasteiger partial charge in [0.2, 0.25) is 5.78 Å². The van der Waals surface area contributed by atoms with Crippen molar-refractivity contribution < 1.29 is 19.4 Å². The highest BCUT2D eigenvalue weighted by molar-refractivity contribution is 7.12. The first-order valence-electron chi connectivity index (χ1n) is 10.1. The van der Waals surface area contributed by atoms with Crippen LogP contribution in [-0.4, -0.2) is 23.9 Å². The number of Topliss-reactive ketones (excluding diaryl/α,β-unsaturated/α-hetero) is 1. The van der Waals surface area contributed by atoms with Crippen LogP contribution < -0.4 is 9.64 Å². The monoisotopic (exact) mass is 441 g/mol. The van der Waals surface area contributed by atoms with Crippen molar-refractivity contribution in [2.24, 2.45) is 0 Å². The number of benzene rings is 3. The molecule has 1 aromatic heterocycles. The van der Waals surface area contributed by atoms with E-state index in [1.165, 1.54) is 16.2 Å². The molecule has 0 saturated heterocycles. The van der Waals surface area contributed by atoms with Gasteiger partial charge in [-0.05, 0) is 52.0 Å². The van der Waals surface area contributed by atoms with Gasteiger partial charge in [0, 0.05) is 5.69 Å². The van der Waals surface area contributed by atoms with E-state index in [4.69, 9.17) is 4.74 Å². The van der Waals surface area contributed by atoms with Gasteiger partial charge in [0.05, 0.1) is 23.6 Å². The molecule has 3 aromatic carbocycles. The summed E-state index contributed by atoms with van der Waals surface area (Å²) in [6.45, 7) is 0. The number of ether oxygens (including phenoxy) is 1. The summed E-state index contributed by atoms with van der Waals surface area (Å²) in [4.78, 5) is 28.7. The maximum atomic E-state index is 13.5. The summed E-state index contributed by atoms with van der Waals surface area (Å²) in [5.74, 6) is -0.820. The SMILES string of the molecule is COc1ccc(N2C(=O)C(O)=C(C(=O)c3cccs3)C2c2cccc3ccccc23)cc1. The molecular weight excluding hydrogens is 422 g/mol. The molecule has 0 saturated carbocycles. The van der Waals surface area contributed by atoms with Crippen LogP contribution in [-0.2, 0) is 4.79 Å². The van der Waals surface area contributed by atoms with Crippen LogP contribution in [0.3, 0.4) is 0 Å². The number of ketones is 1. The Labute approximate surface area is 188 Å². The molecule has 4 aromatic rings. The molecule has 0 aliphatic carbocycles. The highest BCUT2D eigenvalue weighted by Crippen LogP contribution is 2.44. The summed E-state index contributed by atoms with van der Waals surface area (Å²) in [6, 6.07) is 23.3. The lowest BCUT2D eigenvalue weighted by Gasteiger charge is -2.28. The van der Waals surface area contributed by atoms with Gasteiger partial charge < -0.3 is 9.84 Å². The van der Waals surface area contributed by atoms with Gasteiger partial charge in [-0.25, -0.2) is 0 Å². The van der Waals surface area contributed by atoms with Crippen molar-refractivity contribution in [3.05, 3.63) is 106 Å². The molecule has 1 atom stereocenters. The van der Waals surface area contributed by atoms with Gasteiger partial charge in [0.1, 0.15) is 5.75 Å². The number of methoxy groups -OCH3 is 1. The highest BCUT2D eigenvalue weighted by atomic mass is 32.1. The van der Waals surface area contributed by atoms with E-state index in [1.54, 1.807) is 48.9 Å². The number of aliphatic hydroxyl groups excluding tert-OH is 1. The molecule has 2 heterocycles. The number of hydrogen-bond donors (Lipinski definition) is 1. The lowest BCUT2D eigenvalue weighted by atomic mass is 9.91. The zero-order chi connectivity index (χ0) is 22.2. The van der Waals surface area contributed by atoms with Crippen molar-refractivity contribution in [2.75, 3.05) is 12.0 Å². The summed E-state index contributed by atoms with van der Waals surface area (Å²) in [5.41, 5.74) is 1.43. The Balaban J connectivity index is 1.74. The molecule has 1 amide bonds. The van der Waals surface area contributed by atoms with Gasteiger partial charge in [0.25, 0.3) is 5.91 Å². The molecule has 0 bridgehead atoms. The Hall–Kier alpha value is -3.90. The summed E-state index contributed by atoms with van der Waals surface area (Å²) in [6.07, 6.45) is 0. The van der Waals surface area contributed by atoms with Crippen LogP contribution in [0.15, 0.2) is 95.6 Å². The van der Waals surface area contributed by atoms with Crippen molar-refractivity contribution in [2.45, 2.75) is 6.04 Å². The van der Waals surface area contributed by atoms with Crippen LogP contribution in [0.5, 0.6) is 5.75 Å². The second kappa shape index (κ2) is 7.98. The molecule has 5 nitrogen and oxygen atoms in total. The smallest absolute Gasteiger partial charge is 0.294 e. The predicted molar refractivity (Wildman–Crippen MR) is 125 cm³/mol. The molecule has 6 heteroatoms. The molecule has 1 N–H and O–H groups in total. The van der Waals surface area contributed by atoms with Crippen molar-refractivity contribution in [1.82, 2.24) is 0 Å². The van der Waals surface area contributed by atoms with E-state index in [-0.39, 0.29) is 11.4 Å². The van der Waals surface area contributed by atoms with Crippen LogP contribution in [0, 0.1) is 0 Å². The first-order chi connectivity index (χ1) is 15.6. The Morgan fingerprint density at radius 3 is 2.44 bits per heavy atom. The van der Waals surface area contributed by atoms with Crippen LogP contribution in [0.4, 0.5) is 5.69 Å². The minimum atomic E-state index is -0.767. The highest BCUT2D eigenvalue weighted by Gasteiger charge is 2.45. The van der Waals surface area contributed by atoms with Crippen molar-refractivity contribution in [1.29, 1.82) is 0 Å². The molecule has 0 radical (unpaired) electrons. The molecule has 1 unspecified atom stereocenters. The fraction of sp³-hybridized carbons (Fsp3) is 0.0769. The summed E-state index contributed by atoms with van der Waals surface area (Å²) < 4.78 is 5.24. The molecular formula is C26H19NO4S. The number of carbonyl (C=O) groups excluding carboxylic acids is 2. The van der Waals surface area contributed by atoms with E-state index in [0.717, 1.165) is 16.3 Å². The summed E-state index contributed by atoms with van der Waals surface area (Å²) in [5, 5.41) is 14.6. The van der Waals surface area contributed by atoms with E-state index in [0.29, 0.717) is 16.3 Å². The zero-order valence-electron chi connectivity index (χ0n) is 17.2. The Morgan fingerprint density at radius 2 is 1.72 bits per heavy atom. The number of thiophene rings is 1. The molecule has 0 spiro atoms. The normalized spacial score (nSPS) is 16.1. The second-order valence-electron chi connectivity index (χ2n) is 7.41. The number of aliphatic hydroxyl groups is 1. The Morgan fingerprint density at radius 1 is 0.969 bits per heavy atom. The standard InChI is InChI=1S/C26H19NO4S/c1-31-18-13-11-17(12-14-18)27-23(20-9-4-7-16-6-2-3-8-19(16)20)22(25(29)26(27)30)24(28)21-10-5-15-32-21/h2-15,23,29H,1H3. The predicted octanol–water partition coefficient (Wildman–Crippen LogP) is 5.69. The van der Waals surface area contributed by atoms with Gasteiger partial charge in [-0.2, -0.15) is 0 Å². The van der Waals surface area contributed by atoms with Gasteiger partial charge in [-0.1, -0.05) is 48.5 Å². The van der Waals surface area contributed by atoms with E-state index in [2.05, 4.69) is 0 Å². The summed E-state index contributed by atoms with van der Waals surface area (Å²) in [7, 11) is 1.57. The zero-order valence-corrected chi connectivity index (χ0v) is 18.0. The molecule has 158 valence electrons. The first kappa shape index (κ1) is 20.0. The quantitative estimate of drug-likeness (QED) is 0.404. The number of amides is 1. The lowest BCUT2D eigenvalue weighted by molar-refractivity contribution is -0.117. The molecule has 5 rings (SSSR count). The Bertz CT molecular complexity index is 1350. The van der Waals surface area contributed by atoms with Crippen LogP contribution in [0.2, 0.25) is 0 Å². The van der Waals surface area contributed by atoms with Crippen LogP contribution >= 0.6 is 11.3 Å². The van der Waals surface area contributed by atoms with Crippen molar-refractivity contribution >= 4 is 39.5 Å². The fourth-order valence-corrected chi connectivity index (χ4v) is 4.85. The van der Waals surface area contributed by atoms with E-state index < -0.39 is 17.7 Å². The molecule has 1 aliphatic heterocycles. The number of nitrogens with zero attached hydrogens (tertiary/aromatic N) is 1. The third-order valence-electron chi connectivity index (χ3n) is 5.67. The van der Waals surface area contributed by atoms with Crippen LogP contribution in [0.25, 0.3) is 10.8 Å². The second-order valence-corrected chi connectivity index (χ2v) is 8.36.